The zero-order chi connectivity index (χ0) is 6.95. The summed E-state index contributed by atoms with van der Waals surface area (Å²) in [5.74, 6) is 2.79. The molecule has 0 radical (unpaired) electrons. The second-order valence-corrected chi connectivity index (χ2v) is 1.63. The van der Waals surface area contributed by atoms with E-state index in [0.717, 1.165) is 12.8 Å². The van der Waals surface area contributed by atoms with Crippen molar-refractivity contribution in [3.8, 4) is 12.0 Å². The van der Waals surface area contributed by atoms with Crippen LogP contribution in [0.15, 0.2) is 0 Å². The Hall–Kier alpha value is -0.680. The van der Waals surface area contributed by atoms with Gasteiger partial charge in [0.15, 0.2) is 6.11 Å². The van der Waals surface area contributed by atoms with Crippen LogP contribution in [-0.4, -0.2) is 7.11 Å². The fraction of sp³-hybridized carbons (Fsp3) is 0.714. The first kappa shape index (κ1) is 8.32. The average molecular weight is 128 g/mol. The van der Waals surface area contributed by atoms with E-state index >= 15 is 0 Å². The summed E-state index contributed by atoms with van der Waals surface area (Å²) >= 11 is 0. The summed E-state index contributed by atoms with van der Waals surface area (Å²) in [5.41, 5.74) is 0. The molecule has 0 saturated carbocycles. The zero-order valence-corrected chi connectivity index (χ0v) is 5.94. The summed E-state index contributed by atoms with van der Waals surface area (Å²) in [6, 6.07) is 0. The molecule has 0 aromatic carbocycles. The van der Waals surface area contributed by atoms with Crippen molar-refractivity contribution in [2.24, 2.45) is 0 Å². The molecule has 0 aliphatic rings. The molecule has 0 aliphatic heterocycles. The van der Waals surface area contributed by atoms with Gasteiger partial charge in [-0.3, -0.25) is 4.89 Å². The first-order valence-electron chi connectivity index (χ1n) is 3.09. The molecule has 0 heterocycles. The van der Waals surface area contributed by atoms with Crippen molar-refractivity contribution in [2.45, 2.75) is 26.2 Å². The zero-order valence-electron chi connectivity index (χ0n) is 5.94. The third kappa shape index (κ3) is 7.32. The molecular formula is C7H12O2. The van der Waals surface area contributed by atoms with Gasteiger partial charge in [0, 0.05) is 6.42 Å². The molecule has 0 aliphatic carbocycles. The minimum atomic E-state index is 0.889. The van der Waals surface area contributed by atoms with Crippen LogP contribution in [0.3, 0.4) is 0 Å². The lowest BCUT2D eigenvalue weighted by molar-refractivity contribution is -0.209. The molecule has 2 heteroatoms. The van der Waals surface area contributed by atoms with Crippen LogP contribution in [0.25, 0.3) is 0 Å². The Morgan fingerprint density at radius 3 is 2.78 bits per heavy atom. The number of hydrogen-bond donors (Lipinski definition) is 0. The van der Waals surface area contributed by atoms with Crippen molar-refractivity contribution in [2.75, 3.05) is 7.11 Å². The van der Waals surface area contributed by atoms with Crippen molar-refractivity contribution >= 4 is 0 Å². The van der Waals surface area contributed by atoms with Crippen LogP contribution in [0, 0.1) is 12.0 Å². The largest absolute Gasteiger partial charge is 0.283 e. The van der Waals surface area contributed by atoms with Gasteiger partial charge in [-0.2, -0.15) is 4.89 Å². The topological polar surface area (TPSA) is 18.5 Å². The van der Waals surface area contributed by atoms with Gasteiger partial charge < -0.3 is 0 Å². The lowest BCUT2D eigenvalue weighted by Crippen LogP contribution is -1.76. The van der Waals surface area contributed by atoms with Gasteiger partial charge in [-0.1, -0.05) is 19.3 Å². The number of rotatable bonds is 3. The number of unbranched alkanes of at least 4 members (excludes halogenated alkanes) is 2. The van der Waals surface area contributed by atoms with Gasteiger partial charge >= 0.3 is 0 Å². The second-order valence-electron chi connectivity index (χ2n) is 1.63. The fourth-order valence-electron chi connectivity index (χ4n) is 0.387. The van der Waals surface area contributed by atoms with Crippen molar-refractivity contribution < 1.29 is 9.78 Å². The first-order valence-corrected chi connectivity index (χ1v) is 3.09. The van der Waals surface area contributed by atoms with Gasteiger partial charge in [0.25, 0.3) is 0 Å². The highest BCUT2D eigenvalue weighted by molar-refractivity contribution is 4.89. The predicted molar refractivity (Wildman–Crippen MR) is 35.4 cm³/mol. The highest BCUT2D eigenvalue weighted by atomic mass is 17.2. The van der Waals surface area contributed by atoms with E-state index in [-0.39, 0.29) is 0 Å². The molecule has 0 unspecified atom stereocenters. The van der Waals surface area contributed by atoms with Gasteiger partial charge in [0.2, 0.25) is 0 Å². The average Bonchev–Trinajstić information content (AvgIpc) is 1.89. The predicted octanol–water partition coefficient (Wildman–Crippen LogP) is 1.72. The molecule has 0 aromatic rings. The van der Waals surface area contributed by atoms with Crippen LogP contribution in [0.1, 0.15) is 26.2 Å². The van der Waals surface area contributed by atoms with Crippen molar-refractivity contribution in [3.63, 3.8) is 0 Å². The van der Waals surface area contributed by atoms with Crippen molar-refractivity contribution in [1.82, 2.24) is 0 Å². The third-order valence-electron chi connectivity index (χ3n) is 0.852. The van der Waals surface area contributed by atoms with Crippen molar-refractivity contribution in [3.05, 3.63) is 0 Å². The van der Waals surface area contributed by atoms with Crippen molar-refractivity contribution in [1.29, 1.82) is 0 Å². The van der Waals surface area contributed by atoms with E-state index < -0.39 is 0 Å². The molecule has 9 heavy (non-hydrogen) atoms. The third-order valence-corrected chi connectivity index (χ3v) is 0.852. The Bertz CT molecular complexity index is 99.2. The van der Waals surface area contributed by atoms with E-state index in [2.05, 4.69) is 28.7 Å². The lowest BCUT2D eigenvalue weighted by atomic mass is 10.3. The van der Waals surface area contributed by atoms with E-state index in [9.17, 15) is 0 Å². The van der Waals surface area contributed by atoms with Crippen LogP contribution in [0.4, 0.5) is 0 Å². The van der Waals surface area contributed by atoms with Crippen LogP contribution < -0.4 is 0 Å². The SMILES string of the molecule is CCCCC#COOC. The minimum absolute atomic E-state index is 0.889. The molecule has 2 nitrogen and oxygen atoms in total. The molecule has 0 amide bonds. The Morgan fingerprint density at radius 2 is 2.22 bits per heavy atom. The van der Waals surface area contributed by atoms with Crippen LogP contribution in [0.2, 0.25) is 0 Å². The molecular weight excluding hydrogens is 116 g/mol. The number of hydrogen-bond acceptors (Lipinski definition) is 2. The Labute approximate surface area is 56.1 Å². The van der Waals surface area contributed by atoms with Gasteiger partial charge in [0.05, 0.1) is 7.11 Å². The fourth-order valence-corrected chi connectivity index (χ4v) is 0.387. The van der Waals surface area contributed by atoms with E-state index in [1.807, 2.05) is 0 Å². The molecule has 0 N–H and O–H groups in total. The van der Waals surface area contributed by atoms with Gasteiger partial charge in [-0.15, -0.1) is 0 Å². The first-order chi connectivity index (χ1) is 4.41. The van der Waals surface area contributed by atoms with Gasteiger partial charge in [0.1, 0.15) is 0 Å². The van der Waals surface area contributed by atoms with Crippen LogP contribution in [-0.2, 0) is 9.78 Å². The van der Waals surface area contributed by atoms with E-state index in [1.54, 1.807) is 0 Å². The molecule has 0 aromatic heterocycles. The smallest absolute Gasteiger partial charge is 0.157 e. The molecule has 52 valence electrons. The monoisotopic (exact) mass is 128 g/mol. The van der Waals surface area contributed by atoms with E-state index in [1.165, 1.54) is 13.5 Å². The second kappa shape index (κ2) is 7.32. The Morgan fingerprint density at radius 1 is 1.44 bits per heavy atom. The van der Waals surface area contributed by atoms with Gasteiger partial charge in [-0.05, 0) is 6.42 Å². The van der Waals surface area contributed by atoms with Gasteiger partial charge in [-0.25, -0.2) is 0 Å². The maximum absolute atomic E-state index is 4.32. The normalized spacial score (nSPS) is 7.78. The Kier molecular flexibility index (Phi) is 6.77. The molecule has 0 fully saturated rings. The summed E-state index contributed by atoms with van der Waals surface area (Å²) in [6.45, 7) is 2.12. The molecule has 0 saturated heterocycles. The van der Waals surface area contributed by atoms with E-state index in [0.29, 0.717) is 0 Å². The minimum Gasteiger partial charge on any atom is -0.283 e. The molecule has 0 spiro atoms. The highest BCUT2D eigenvalue weighted by Gasteiger charge is 1.75. The molecule has 0 atom stereocenters. The summed E-state index contributed by atoms with van der Waals surface area (Å²) in [7, 11) is 1.44. The van der Waals surface area contributed by atoms with Crippen LogP contribution in [0.5, 0.6) is 0 Å². The molecule has 0 rings (SSSR count). The molecule has 0 bridgehead atoms. The summed E-state index contributed by atoms with van der Waals surface area (Å²) in [6.07, 6.45) is 5.58. The Balaban J connectivity index is 2.96. The summed E-state index contributed by atoms with van der Waals surface area (Å²) < 4.78 is 0. The van der Waals surface area contributed by atoms with Crippen LogP contribution >= 0.6 is 0 Å². The standard InChI is InChI=1S/C7H12O2/c1-3-4-5-6-7-9-8-2/h3-5H2,1-2H3. The summed E-state index contributed by atoms with van der Waals surface area (Å²) in [4.78, 5) is 8.57. The summed E-state index contributed by atoms with van der Waals surface area (Å²) in [5, 5.41) is 0. The highest BCUT2D eigenvalue weighted by Crippen LogP contribution is 1.89. The maximum Gasteiger partial charge on any atom is 0.157 e. The quantitative estimate of drug-likeness (QED) is 0.249. The van der Waals surface area contributed by atoms with E-state index in [4.69, 9.17) is 0 Å². The maximum atomic E-state index is 4.32. The lowest BCUT2D eigenvalue weighted by Gasteiger charge is -1.84.